The van der Waals surface area contributed by atoms with Crippen molar-refractivity contribution in [1.29, 1.82) is 0 Å². The van der Waals surface area contributed by atoms with Gasteiger partial charge in [-0.3, -0.25) is 9.69 Å². The lowest BCUT2D eigenvalue weighted by Gasteiger charge is -2.09. The summed E-state index contributed by atoms with van der Waals surface area (Å²) in [6.07, 6.45) is 0. The third kappa shape index (κ3) is 3.55. The number of amides is 1. The largest absolute Gasteiger partial charge is 0.486 e. The van der Waals surface area contributed by atoms with Crippen molar-refractivity contribution in [1.82, 2.24) is 4.98 Å². The van der Waals surface area contributed by atoms with Gasteiger partial charge in [-0.25, -0.2) is 9.37 Å². The first-order chi connectivity index (χ1) is 9.47. The molecule has 7 heteroatoms. The van der Waals surface area contributed by atoms with Crippen LogP contribution in [0.2, 0.25) is 0 Å². The van der Waals surface area contributed by atoms with Crippen LogP contribution in [0.25, 0.3) is 0 Å². The second-order valence-corrected chi connectivity index (χ2v) is 5.75. The van der Waals surface area contributed by atoms with Gasteiger partial charge >= 0.3 is 0 Å². The Balaban J connectivity index is 2.02. The molecule has 2 rings (SSSR count). The van der Waals surface area contributed by atoms with Crippen LogP contribution in [0.15, 0.2) is 28.1 Å². The Morgan fingerprint density at radius 2 is 2.30 bits per heavy atom. The van der Waals surface area contributed by atoms with Gasteiger partial charge in [0, 0.05) is 19.4 Å². The number of aromatic nitrogens is 1. The third-order valence-electron chi connectivity index (χ3n) is 2.57. The molecule has 0 aliphatic rings. The van der Waals surface area contributed by atoms with Gasteiger partial charge in [0.05, 0.1) is 10.2 Å². The maximum atomic E-state index is 12.9. The second kappa shape index (κ2) is 6.32. The average Bonchev–Trinajstić information content (AvgIpc) is 2.85. The monoisotopic (exact) mass is 358 g/mol. The van der Waals surface area contributed by atoms with Crippen LogP contribution in [0.3, 0.4) is 0 Å². The highest BCUT2D eigenvalue weighted by Crippen LogP contribution is 2.27. The van der Waals surface area contributed by atoms with Gasteiger partial charge in [-0.1, -0.05) is 0 Å². The van der Waals surface area contributed by atoms with E-state index in [9.17, 15) is 9.18 Å². The van der Waals surface area contributed by atoms with Crippen molar-refractivity contribution in [3.05, 3.63) is 39.6 Å². The van der Waals surface area contributed by atoms with Crippen molar-refractivity contribution in [2.75, 3.05) is 11.9 Å². The number of hydrogen-bond acceptors (Lipinski definition) is 4. The highest BCUT2D eigenvalue weighted by Gasteiger charge is 2.11. The van der Waals surface area contributed by atoms with Crippen LogP contribution in [0.5, 0.6) is 5.75 Å². The Labute approximate surface area is 128 Å². The molecule has 0 N–H and O–H groups in total. The Morgan fingerprint density at radius 3 is 2.95 bits per heavy atom. The molecule has 0 spiro atoms. The smallest absolute Gasteiger partial charge is 0.225 e. The number of carbonyl (C=O) groups is 1. The van der Waals surface area contributed by atoms with E-state index in [1.165, 1.54) is 35.3 Å². The zero-order chi connectivity index (χ0) is 14.7. The van der Waals surface area contributed by atoms with E-state index in [1.54, 1.807) is 13.1 Å². The van der Waals surface area contributed by atoms with E-state index in [0.29, 0.717) is 21.0 Å². The molecule has 0 unspecified atom stereocenters. The van der Waals surface area contributed by atoms with Crippen molar-refractivity contribution in [2.24, 2.45) is 0 Å². The lowest BCUT2D eigenvalue weighted by atomic mass is 10.3. The summed E-state index contributed by atoms with van der Waals surface area (Å²) in [5, 5.41) is 2.45. The minimum absolute atomic E-state index is 0.0758. The molecule has 1 heterocycles. The van der Waals surface area contributed by atoms with E-state index in [-0.39, 0.29) is 18.3 Å². The Kier molecular flexibility index (Phi) is 4.72. The molecule has 0 saturated heterocycles. The summed E-state index contributed by atoms with van der Waals surface area (Å²) in [7, 11) is 1.67. The van der Waals surface area contributed by atoms with Crippen LogP contribution in [0.1, 0.15) is 12.6 Å². The van der Waals surface area contributed by atoms with E-state index in [4.69, 9.17) is 4.74 Å². The zero-order valence-electron chi connectivity index (χ0n) is 10.9. The first-order valence-electron chi connectivity index (χ1n) is 5.74. The average molecular weight is 359 g/mol. The number of benzene rings is 1. The number of hydrogen-bond donors (Lipinski definition) is 0. The fraction of sp³-hybridized carbons (Fsp3) is 0.231. The number of anilines is 1. The van der Waals surface area contributed by atoms with E-state index in [1.807, 2.05) is 5.38 Å². The van der Waals surface area contributed by atoms with Crippen LogP contribution >= 0.6 is 27.3 Å². The summed E-state index contributed by atoms with van der Waals surface area (Å²) in [5.74, 6) is 0.136. The topological polar surface area (TPSA) is 42.4 Å². The third-order valence-corrected chi connectivity index (χ3v) is 4.15. The van der Waals surface area contributed by atoms with Gasteiger partial charge < -0.3 is 4.74 Å². The second-order valence-electron chi connectivity index (χ2n) is 4.06. The Morgan fingerprint density at radius 1 is 1.55 bits per heavy atom. The molecule has 0 saturated carbocycles. The maximum Gasteiger partial charge on any atom is 0.225 e. The summed E-state index contributed by atoms with van der Waals surface area (Å²) in [4.78, 5) is 17.0. The van der Waals surface area contributed by atoms with Crippen molar-refractivity contribution >= 4 is 38.3 Å². The SMILES string of the molecule is CC(=O)N(C)c1nc(COc2ccc(F)cc2Br)cs1. The number of rotatable bonds is 4. The highest BCUT2D eigenvalue weighted by atomic mass is 79.9. The molecular weight excluding hydrogens is 347 g/mol. The van der Waals surface area contributed by atoms with Crippen LogP contribution in [0.4, 0.5) is 9.52 Å². The van der Waals surface area contributed by atoms with Gasteiger partial charge in [-0.2, -0.15) is 0 Å². The molecule has 0 radical (unpaired) electrons. The Hall–Kier alpha value is -1.47. The minimum Gasteiger partial charge on any atom is -0.486 e. The normalized spacial score (nSPS) is 10.4. The number of halogens is 2. The van der Waals surface area contributed by atoms with Crippen molar-refractivity contribution in [2.45, 2.75) is 13.5 Å². The lowest BCUT2D eigenvalue weighted by Crippen LogP contribution is -2.22. The van der Waals surface area contributed by atoms with E-state index >= 15 is 0 Å². The van der Waals surface area contributed by atoms with Crippen molar-refractivity contribution < 1.29 is 13.9 Å². The fourth-order valence-corrected chi connectivity index (χ4v) is 2.68. The molecule has 1 amide bonds. The Bertz CT molecular complexity index is 633. The van der Waals surface area contributed by atoms with Crippen LogP contribution in [-0.4, -0.2) is 17.9 Å². The summed E-state index contributed by atoms with van der Waals surface area (Å²) in [6, 6.07) is 4.22. The first-order valence-corrected chi connectivity index (χ1v) is 7.41. The predicted octanol–water partition coefficient (Wildman–Crippen LogP) is 3.61. The van der Waals surface area contributed by atoms with E-state index < -0.39 is 0 Å². The molecule has 0 aliphatic heterocycles. The van der Waals surface area contributed by atoms with Gasteiger partial charge in [0.25, 0.3) is 0 Å². The molecule has 0 atom stereocenters. The quantitative estimate of drug-likeness (QED) is 0.838. The first kappa shape index (κ1) is 14.9. The summed E-state index contributed by atoms with van der Waals surface area (Å²) >= 11 is 4.60. The maximum absolute atomic E-state index is 12.9. The summed E-state index contributed by atoms with van der Waals surface area (Å²) < 4.78 is 19.1. The zero-order valence-corrected chi connectivity index (χ0v) is 13.3. The van der Waals surface area contributed by atoms with Gasteiger partial charge in [0.2, 0.25) is 5.91 Å². The molecular formula is C13H12BrFN2O2S. The fourth-order valence-electron chi connectivity index (χ4n) is 1.40. The molecule has 1 aromatic heterocycles. The predicted molar refractivity (Wildman–Crippen MR) is 79.6 cm³/mol. The summed E-state index contributed by atoms with van der Waals surface area (Å²) in [6.45, 7) is 1.74. The molecule has 1 aromatic carbocycles. The molecule has 2 aromatic rings. The highest BCUT2D eigenvalue weighted by molar-refractivity contribution is 9.10. The molecule has 4 nitrogen and oxygen atoms in total. The van der Waals surface area contributed by atoms with Crippen LogP contribution < -0.4 is 9.64 Å². The van der Waals surface area contributed by atoms with Crippen molar-refractivity contribution in [3.63, 3.8) is 0 Å². The van der Waals surface area contributed by atoms with Crippen LogP contribution in [0, 0.1) is 5.82 Å². The van der Waals surface area contributed by atoms with Gasteiger partial charge in [-0.15, -0.1) is 11.3 Å². The number of carbonyl (C=O) groups excluding carboxylic acids is 1. The number of nitrogens with zero attached hydrogens (tertiary/aromatic N) is 2. The lowest BCUT2D eigenvalue weighted by molar-refractivity contribution is -0.116. The molecule has 0 aliphatic carbocycles. The van der Waals surface area contributed by atoms with Crippen LogP contribution in [-0.2, 0) is 11.4 Å². The van der Waals surface area contributed by atoms with Gasteiger partial charge in [0.15, 0.2) is 5.13 Å². The van der Waals surface area contributed by atoms with Crippen molar-refractivity contribution in [3.8, 4) is 5.75 Å². The van der Waals surface area contributed by atoms with E-state index in [0.717, 1.165) is 0 Å². The molecule has 0 fully saturated rings. The number of ether oxygens (including phenoxy) is 1. The van der Waals surface area contributed by atoms with Gasteiger partial charge in [0.1, 0.15) is 18.2 Å². The number of thiazole rings is 1. The molecule has 0 bridgehead atoms. The standard InChI is InChI=1S/C13H12BrFN2O2S/c1-8(18)17(2)13-16-10(7-20-13)6-19-12-4-3-9(15)5-11(12)14/h3-5,7H,6H2,1-2H3. The molecule has 20 heavy (non-hydrogen) atoms. The van der Waals surface area contributed by atoms with E-state index in [2.05, 4.69) is 20.9 Å². The van der Waals surface area contributed by atoms with Gasteiger partial charge in [-0.05, 0) is 34.1 Å². The minimum atomic E-state index is -0.330. The summed E-state index contributed by atoms with van der Waals surface area (Å²) in [5.41, 5.74) is 0.717. The molecule has 106 valence electrons.